The number of carbonyl (C=O) groups excluding carboxylic acids is 1. The van der Waals surface area contributed by atoms with Crippen molar-refractivity contribution in [2.24, 2.45) is 5.92 Å². The van der Waals surface area contributed by atoms with Crippen molar-refractivity contribution in [1.29, 1.82) is 0 Å². The van der Waals surface area contributed by atoms with Gasteiger partial charge in [0, 0.05) is 18.8 Å². The summed E-state index contributed by atoms with van der Waals surface area (Å²) in [5.74, 6) is 0.678. The van der Waals surface area contributed by atoms with Gasteiger partial charge in [-0.05, 0) is 18.8 Å². The minimum Gasteiger partial charge on any atom is -0.391 e. The van der Waals surface area contributed by atoms with Gasteiger partial charge in [-0.2, -0.15) is 0 Å². The molecule has 0 aromatic carbocycles. The molecule has 1 unspecified atom stereocenters. The third-order valence-electron chi connectivity index (χ3n) is 2.00. The number of amides is 1. The number of carbonyl (C=O) groups is 1. The Morgan fingerprint density at radius 3 is 2.83 bits per heavy atom. The zero-order chi connectivity index (χ0) is 8.97. The normalized spacial score (nSPS) is 18.8. The fourth-order valence-electron chi connectivity index (χ4n) is 1.04. The molecule has 12 heavy (non-hydrogen) atoms. The number of rotatable bonds is 5. The molecule has 1 aliphatic rings. The molecule has 2 N–H and O–H groups in total. The second kappa shape index (κ2) is 4.67. The first-order valence-electron chi connectivity index (χ1n) is 4.24. The van der Waals surface area contributed by atoms with Crippen LogP contribution in [0, 0.1) is 5.92 Å². The SMILES string of the molecule is O=C(CCCl)NCC(O)C1CC1. The molecule has 1 saturated carbocycles. The molecule has 1 amide bonds. The molecular weight excluding hydrogens is 178 g/mol. The first kappa shape index (κ1) is 9.81. The van der Waals surface area contributed by atoms with Gasteiger partial charge in [-0.25, -0.2) is 0 Å². The van der Waals surface area contributed by atoms with Crippen molar-refractivity contribution >= 4 is 17.5 Å². The molecule has 0 heterocycles. The number of nitrogens with one attached hydrogen (secondary N) is 1. The molecule has 70 valence electrons. The minimum atomic E-state index is -0.357. The van der Waals surface area contributed by atoms with E-state index in [-0.39, 0.29) is 12.0 Å². The van der Waals surface area contributed by atoms with Crippen molar-refractivity contribution in [3.05, 3.63) is 0 Å². The zero-order valence-electron chi connectivity index (χ0n) is 6.92. The van der Waals surface area contributed by atoms with Gasteiger partial charge >= 0.3 is 0 Å². The van der Waals surface area contributed by atoms with E-state index in [1.807, 2.05) is 0 Å². The van der Waals surface area contributed by atoms with Crippen molar-refractivity contribution in [3.63, 3.8) is 0 Å². The molecule has 0 bridgehead atoms. The summed E-state index contributed by atoms with van der Waals surface area (Å²) >= 11 is 5.36. The van der Waals surface area contributed by atoms with Gasteiger partial charge in [0.25, 0.3) is 0 Å². The quantitative estimate of drug-likeness (QED) is 0.622. The summed E-state index contributed by atoms with van der Waals surface area (Å²) in [6.45, 7) is 0.375. The standard InChI is InChI=1S/C8H14ClNO2/c9-4-3-8(12)10-5-7(11)6-1-2-6/h6-7,11H,1-5H2,(H,10,12). The van der Waals surface area contributed by atoms with E-state index in [2.05, 4.69) is 5.32 Å². The average molecular weight is 192 g/mol. The van der Waals surface area contributed by atoms with Crippen LogP contribution in [0.4, 0.5) is 0 Å². The Balaban J connectivity index is 2.03. The predicted octanol–water partition coefficient (Wildman–Crippen LogP) is 0.502. The van der Waals surface area contributed by atoms with Crippen LogP contribution >= 0.6 is 11.6 Å². The Kier molecular flexibility index (Phi) is 3.82. The van der Waals surface area contributed by atoms with Crippen molar-refractivity contribution in [1.82, 2.24) is 5.32 Å². The molecule has 1 rings (SSSR count). The number of aliphatic hydroxyl groups is 1. The summed E-state index contributed by atoms with van der Waals surface area (Å²) in [7, 11) is 0. The molecule has 1 atom stereocenters. The molecule has 0 aliphatic heterocycles. The molecule has 0 radical (unpaired) electrons. The fourth-order valence-corrected chi connectivity index (χ4v) is 1.21. The van der Waals surface area contributed by atoms with Crippen LogP contribution in [0.5, 0.6) is 0 Å². The Hall–Kier alpha value is -0.280. The highest BCUT2D eigenvalue weighted by Crippen LogP contribution is 2.32. The molecule has 1 fully saturated rings. The highest BCUT2D eigenvalue weighted by atomic mass is 35.5. The first-order valence-corrected chi connectivity index (χ1v) is 4.78. The smallest absolute Gasteiger partial charge is 0.221 e. The van der Waals surface area contributed by atoms with Crippen LogP contribution in [-0.2, 0) is 4.79 Å². The Labute approximate surface area is 77.1 Å². The topological polar surface area (TPSA) is 49.3 Å². The summed E-state index contributed by atoms with van der Waals surface area (Å²) in [6, 6.07) is 0. The minimum absolute atomic E-state index is 0.0790. The lowest BCUT2D eigenvalue weighted by Gasteiger charge is -2.09. The lowest BCUT2D eigenvalue weighted by Crippen LogP contribution is -2.33. The van der Waals surface area contributed by atoms with Crippen LogP contribution in [0.15, 0.2) is 0 Å². The van der Waals surface area contributed by atoms with Crippen molar-refractivity contribution < 1.29 is 9.90 Å². The molecule has 0 aromatic heterocycles. The van der Waals surface area contributed by atoms with Crippen molar-refractivity contribution in [3.8, 4) is 0 Å². The van der Waals surface area contributed by atoms with Gasteiger partial charge in [-0.15, -0.1) is 11.6 Å². The van der Waals surface area contributed by atoms with E-state index in [0.29, 0.717) is 24.8 Å². The monoisotopic (exact) mass is 191 g/mol. The van der Waals surface area contributed by atoms with Crippen molar-refractivity contribution in [2.45, 2.75) is 25.4 Å². The summed E-state index contributed by atoms with van der Waals surface area (Å²) in [5, 5.41) is 12.0. The van der Waals surface area contributed by atoms with E-state index in [9.17, 15) is 9.90 Å². The molecule has 3 nitrogen and oxygen atoms in total. The zero-order valence-corrected chi connectivity index (χ0v) is 7.68. The Morgan fingerprint density at radius 1 is 1.67 bits per heavy atom. The van der Waals surface area contributed by atoms with Gasteiger partial charge in [-0.3, -0.25) is 4.79 Å². The second-order valence-electron chi connectivity index (χ2n) is 3.15. The second-order valence-corrected chi connectivity index (χ2v) is 3.53. The number of halogens is 1. The molecule has 4 heteroatoms. The van der Waals surface area contributed by atoms with Gasteiger partial charge < -0.3 is 10.4 Å². The Bertz CT molecular complexity index is 159. The van der Waals surface area contributed by atoms with Gasteiger partial charge in [0.05, 0.1) is 6.10 Å². The third kappa shape index (κ3) is 3.41. The maximum absolute atomic E-state index is 10.9. The largest absolute Gasteiger partial charge is 0.391 e. The van der Waals surface area contributed by atoms with Crippen LogP contribution in [0.3, 0.4) is 0 Å². The highest BCUT2D eigenvalue weighted by Gasteiger charge is 2.29. The highest BCUT2D eigenvalue weighted by molar-refractivity contribution is 6.18. The Morgan fingerprint density at radius 2 is 2.33 bits per heavy atom. The lowest BCUT2D eigenvalue weighted by molar-refractivity contribution is -0.121. The number of hydrogen-bond donors (Lipinski definition) is 2. The van der Waals surface area contributed by atoms with Crippen LogP contribution < -0.4 is 5.32 Å². The maximum atomic E-state index is 10.9. The van der Waals surface area contributed by atoms with Crippen LogP contribution in [-0.4, -0.2) is 29.5 Å². The molecule has 0 spiro atoms. The van der Waals surface area contributed by atoms with E-state index in [1.165, 1.54) is 0 Å². The van der Waals surface area contributed by atoms with E-state index >= 15 is 0 Å². The van der Waals surface area contributed by atoms with Gasteiger partial charge in [0.2, 0.25) is 5.91 Å². The van der Waals surface area contributed by atoms with Crippen LogP contribution in [0.2, 0.25) is 0 Å². The fraction of sp³-hybridized carbons (Fsp3) is 0.875. The summed E-state index contributed by atoms with van der Waals surface area (Å²) in [4.78, 5) is 10.9. The van der Waals surface area contributed by atoms with E-state index in [0.717, 1.165) is 12.8 Å². The first-order chi connectivity index (χ1) is 5.74. The van der Waals surface area contributed by atoms with Gasteiger partial charge in [0.15, 0.2) is 0 Å². The average Bonchev–Trinajstić information content (AvgIpc) is 2.83. The summed E-state index contributed by atoms with van der Waals surface area (Å²) in [6.07, 6.45) is 2.15. The summed E-state index contributed by atoms with van der Waals surface area (Å²) < 4.78 is 0. The predicted molar refractivity (Wildman–Crippen MR) is 47.1 cm³/mol. The van der Waals surface area contributed by atoms with Gasteiger partial charge in [0.1, 0.15) is 0 Å². The maximum Gasteiger partial charge on any atom is 0.221 e. The molecular formula is C8H14ClNO2. The van der Waals surface area contributed by atoms with Crippen molar-refractivity contribution in [2.75, 3.05) is 12.4 Å². The molecule has 1 aliphatic carbocycles. The van der Waals surface area contributed by atoms with E-state index in [4.69, 9.17) is 11.6 Å². The third-order valence-corrected chi connectivity index (χ3v) is 2.19. The van der Waals surface area contributed by atoms with Crippen LogP contribution in [0.25, 0.3) is 0 Å². The van der Waals surface area contributed by atoms with Gasteiger partial charge in [-0.1, -0.05) is 0 Å². The van der Waals surface area contributed by atoms with Crippen LogP contribution in [0.1, 0.15) is 19.3 Å². The lowest BCUT2D eigenvalue weighted by atomic mass is 10.2. The van der Waals surface area contributed by atoms with E-state index < -0.39 is 0 Å². The van der Waals surface area contributed by atoms with E-state index in [1.54, 1.807) is 0 Å². The molecule has 0 saturated heterocycles. The summed E-state index contributed by atoms with van der Waals surface area (Å²) in [5.41, 5.74) is 0. The number of alkyl halides is 1. The number of hydrogen-bond acceptors (Lipinski definition) is 2. The molecule has 0 aromatic rings. The number of aliphatic hydroxyl groups excluding tert-OH is 1.